The lowest BCUT2D eigenvalue weighted by Gasteiger charge is -2.27. The van der Waals surface area contributed by atoms with Gasteiger partial charge in [-0.2, -0.15) is 4.72 Å². The summed E-state index contributed by atoms with van der Waals surface area (Å²) < 4.78 is 38.7. The summed E-state index contributed by atoms with van der Waals surface area (Å²) in [5.41, 5.74) is 0.475. The van der Waals surface area contributed by atoms with Gasteiger partial charge in [0.15, 0.2) is 11.5 Å². The maximum absolute atomic E-state index is 12.5. The highest BCUT2D eigenvalue weighted by atomic mass is 32.2. The van der Waals surface area contributed by atoms with Gasteiger partial charge in [-0.15, -0.1) is 0 Å². The quantitative estimate of drug-likeness (QED) is 0.604. The number of amides is 2. The highest BCUT2D eigenvalue weighted by Crippen LogP contribution is 2.30. The Morgan fingerprint density at radius 3 is 2.43 bits per heavy atom. The molecule has 1 aliphatic rings. The van der Waals surface area contributed by atoms with Crippen LogP contribution in [0.4, 0.5) is 5.69 Å². The van der Waals surface area contributed by atoms with Gasteiger partial charge in [0.05, 0.1) is 17.5 Å². The van der Waals surface area contributed by atoms with Crippen molar-refractivity contribution in [3.05, 3.63) is 48.5 Å². The fourth-order valence-electron chi connectivity index (χ4n) is 2.81. The molecule has 2 amide bonds. The Morgan fingerprint density at radius 2 is 1.77 bits per heavy atom. The second-order valence-electron chi connectivity index (χ2n) is 6.79. The summed E-state index contributed by atoms with van der Waals surface area (Å²) in [6.07, 6.45) is -0.381. The van der Waals surface area contributed by atoms with Crippen LogP contribution in [0.25, 0.3) is 0 Å². The van der Waals surface area contributed by atoms with Crippen molar-refractivity contribution in [2.45, 2.75) is 30.9 Å². The first kappa shape index (κ1) is 21.6. The highest BCUT2D eigenvalue weighted by Gasteiger charge is 2.25. The predicted molar refractivity (Wildman–Crippen MR) is 110 cm³/mol. The first-order valence-electron chi connectivity index (χ1n) is 9.31. The topological polar surface area (TPSA) is 123 Å². The molecule has 1 aliphatic heterocycles. The van der Waals surface area contributed by atoms with E-state index in [0.29, 0.717) is 17.2 Å². The molecule has 0 radical (unpaired) electrons. The van der Waals surface area contributed by atoms with Gasteiger partial charge >= 0.3 is 0 Å². The molecule has 2 aromatic rings. The van der Waals surface area contributed by atoms with Crippen LogP contribution in [0, 0.1) is 0 Å². The van der Waals surface area contributed by atoms with Crippen LogP contribution < -0.4 is 24.8 Å². The Kier molecular flexibility index (Phi) is 6.58. The number of hydrogen-bond acceptors (Lipinski definition) is 6. The lowest BCUT2D eigenvalue weighted by molar-refractivity contribution is -0.122. The third kappa shape index (κ3) is 5.49. The van der Waals surface area contributed by atoms with E-state index in [2.05, 4.69) is 15.4 Å². The molecular formula is C20H23N3O6S. The van der Waals surface area contributed by atoms with Gasteiger partial charge in [-0.25, -0.2) is 8.42 Å². The number of ether oxygens (including phenoxy) is 2. The molecule has 0 saturated carbocycles. The van der Waals surface area contributed by atoms with Crippen LogP contribution in [0.15, 0.2) is 53.4 Å². The minimum Gasteiger partial charge on any atom is -0.486 e. The third-order valence-corrected chi connectivity index (χ3v) is 5.84. The molecule has 0 unspecified atom stereocenters. The highest BCUT2D eigenvalue weighted by molar-refractivity contribution is 7.89. The molecule has 30 heavy (non-hydrogen) atoms. The van der Waals surface area contributed by atoms with E-state index >= 15 is 0 Å². The molecule has 0 aromatic heterocycles. The second-order valence-corrected chi connectivity index (χ2v) is 8.51. The van der Waals surface area contributed by atoms with E-state index in [-0.39, 0.29) is 30.1 Å². The van der Waals surface area contributed by atoms with E-state index in [1.807, 2.05) is 12.1 Å². The molecule has 3 rings (SSSR count). The first-order valence-corrected chi connectivity index (χ1v) is 10.8. The van der Waals surface area contributed by atoms with Crippen molar-refractivity contribution in [2.24, 2.45) is 0 Å². The number of hydrogen-bond donors (Lipinski definition) is 3. The van der Waals surface area contributed by atoms with Crippen molar-refractivity contribution in [1.82, 2.24) is 10.0 Å². The zero-order valence-electron chi connectivity index (χ0n) is 16.5. The van der Waals surface area contributed by atoms with Crippen molar-refractivity contribution < 1.29 is 27.5 Å². The summed E-state index contributed by atoms with van der Waals surface area (Å²) >= 11 is 0. The van der Waals surface area contributed by atoms with Crippen LogP contribution in [0.5, 0.6) is 11.5 Å². The summed E-state index contributed by atoms with van der Waals surface area (Å²) in [6.45, 7) is 3.25. The molecule has 1 heterocycles. The van der Waals surface area contributed by atoms with Crippen LogP contribution >= 0.6 is 0 Å². The molecular weight excluding hydrogens is 410 g/mol. The lowest BCUT2D eigenvalue weighted by Crippen LogP contribution is -2.48. The van der Waals surface area contributed by atoms with Gasteiger partial charge in [-0.1, -0.05) is 12.1 Å². The Bertz CT molecular complexity index is 1020. The van der Waals surface area contributed by atoms with E-state index in [1.54, 1.807) is 12.1 Å². The Morgan fingerprint density at radius 1 is 1.10 bits per heavy atom. The van der Waals surface area contributed by atoms with Gasteiger partial charge in [0.1, 0.15) is 12.7 Å². The Hall–Kier alpha value is -3.11. The van der Waals surface area contributed by atoms with E-state index in [9.17, 15) is 18.0 Å². The van der Waals surface area contributed by atoms with Crippen LogP contribution in [0.1, 0.15) is 13.8 Å². The minimum absolute atomic E-state index is 0.0168. The fourth-order valence-corrected chi connectivity index (χ4v) is 4.01. The van der Waals surface area contributed by atoms with Crippen molar-refractivity contribution >= 4 is 27.5 Å². The molecule has 3 N–H and O–H groups in total. The van der Waals surface area contributed by atoms with Crippen molar-refractivity contribution in [1.29, 1.82) is 0 Å². The summed E-state index contributed by atoms with van der Waals surface area (Å²) in [7, 11) is -3.91. The van der Waals surface area contributed by atoms with Crippen molar-refractivity contribution in [3.8, 4) is 11.5 Å². The second kappa shape index (κ2) is 9.14. The summed E-state index contributed by atoms with van der Waals surface area (Å²) in [4.78, 5) is 23.4. The van der Waals surface area contributed by atoms with Gasteiger partial charge in [0.2, 0.25) is 21.8 Å². The zero-order chi connectivity index (χ0) is 21.7. The number of sulfonamides is 1. The van der Waals surface area contributed by atoms with E-state index < -0.39 is 22.0 Å². The standard InChI is InChI=1S/C20H23N3O6S/c1-13(23-30(26,27)17-9-7-15(8-10-17)22-14(2)24)20(25)21-11-16-12-28-18-5-3-4-6-19(18)29-16/h3-10,13,16,23H,11-12H2,1-2H3,(H,21,25)(H,22,24)/t13-,16-/m1/s1. The largest absolute Gasteiger partial charge is 0.486 e. The van der Waals surface area contributed by atoms with Gasteiger partial charge in [-0.05, 0) is 43.3 Å². The molecule has 10 heteroatoms. The number of anilines is 1. The molecule has 0 fully saturated rings. The zero-order valence-corrected chi connectivity index (χ0v) is 17.4. The van der Waals surface area contributed by atoms with Gasteiger partial charge in [-0.3, -0.25) is 9.59 Å². The molecule has 0 spiro atoms. The van der Waals surface area contributed by atoms with E-state index in [0.717, 1.165) is 0 Å². The summed E-state index contributed by atoms with van der Waals surface area (Å²) in [6, 6.07) is 11.9. The van der Waals surface area contributed by atoms with E-state index in [1.165, 1.54) is 38.1 Å². The van der Waals surface area contributed by atoms with Crippen LogP contribution in [0.3, 0.4) is 0 Å². The average Bonchev–Trinajstić information content (AvgIpc) is 2.71. The third-order valence-electron chi connectivity index (χ3n) is 4.28. The first-order chi connectivity index (χ1) is 14.2. The summed E-state index contributed by atoms with van der Waals surface area (Å²) in [5.74, 6) is 0.492. The normalized spacial score (nSPS) is 16.4. The monoisotopic (exact) mass is 433 g/mol. The van der Waals surface area contributed by atoms with Gasteiger partial charge < -0.3 is 20.1 Å². The fraction of sp³-hybridized carbons (Fsp3) is 0.300. The number of fused-ring (bicyclic) bond motifs is 1. The van der Waals surface area contributed by atoms with Gasteiger partial charge in [0, 0.05) is 12.6 Å². The number of carbonyl (C=O) groups excluding carboxylic acids is 2. The van der Waals surface area contributed by atoms with Crippen LogP contribution in [0.2, 0.25) is 0 Å². The smallest absolute Gasteiger partial charge is 0.241 e. The average molecular weight is 433 g/mol. The van der Waals surface area contributed by atoms with Crippen molar-refractivity contribution in [2.75, 3.05) is 18.5 Å². The minimum atomic E-state index is -3.91. The number of rotatable bonds is 7. The SMILES string of the molecule is CC(=O)Nc1ccc(S(=O)(=O)N[C@H](C)C(=O)NC[C@@H]2COc3ccccc3O2)cc1. The maximum atomic E-state index is 12.5. The Balaban J connectivity index is 1.52. The molecule has 9 nitrogen and oxygen atoms in total. The number of benzene rings is 2. The molecule has 0 bridgehead atoms. The number of para-hydroxylation sites is 2. The number of carbonyl (C=O) groups is 2. The van der Waals surface area contributed by atoms with Crippen LogP contribution in [-0.4, -0.2) is 45.5 Å². The molecule has 160 valence electrons. The van der Waals surface area contributed by atoms with E-state index in [4.69, 9.17) is 9.47 Å². The maximum Gasteiger partial charge on any atom is 0.241 e. The van der Waals surface area contributed by atoms with Gasteiger partial charge in [0.25, 0.3) is 0 Å². The predicted octanol–water partition coefficient (Wildman–Crippen LogP) is 1.27. The molecule has 0 aliphatic carbocycles. The van der Waals surface area contributed by atoms with Crippen molar-refractivity contribution in [3.63, 3.8) is 0 Å². The number of nitrogens with one attached hydrogen (secondary N) is 3. The van der Waals surface area contributed by atoms with Crippen LogP contribution in [-0.2, 0) is 19.6 Å². The summed E-state index contributed by atoms with van der Waals surface area (Å²) in [5, 5.41) is 5.23. The Labute approximate surface area is 174 Å². The molecule has 2 aromatic carbocycles. The molecule has 0 saturated heterocycles. The molecule has 2 atom stereocenters. The lowest BCUT2D eigenvalue weighted by atomic mass is 10.2.